The fourth-order valence-corrected chi connectivity index (χ4v) is 3.56. The Morgan fingerprint density at radius 3 is 1.73 bits per heavy atom. The van der Waals surface area contributed by atoms with Gasteiger partial charge in [0.2, 0.25) is 0 Å². The Kier molecular flexibility index (Phi) is 6.96. The van der Waals surface area contributed by atoms with Crippen molar-refractivity contribution in [2.75, 3.05) is 0 Å². The highest BCUT2D eigenvalue weighted by Crippen LogP contribution is 2.41. The summed E-state index contributed by atoms with van der Waals surface area (Å²) in [4.78, 5) is 25.8. The second-order valence-electron chi connectivity index (χ2n) is 7.60. The van der Waals surface area contributed by atoms with E-state index >= 15 is 0 Å². The summed E-state index contributed by atoms with van der Waals surface area (Å²) in [7, 11) is 0. The highest BCUT2D eigenvalue weighted by molar-refractivity contribution is 5.95. The maximum atomic E-state index is 13.0. The molecule has 0 atom stereocenters. The van der Waals surface area contributed by atoms with Crippen molar-refractivity contribution >= 4 is 11.9 Å². The molecule has 0 unspecified atom stereocenters. The van der Waals surface area contributed by atoms with Crippen molar-refractivity contribution in [2.24, 2.45) is 0 Å². The van der Waals surface area contributed by atoms with Gasteiger partial charge in [0, 0.05) is 5.56 Å². The highest BCUT2D eigenvalue weighted by Gasteiger charge is 2.22. The van der Waals surface area contributed by atoms with Crippen molar-refractivity contribution in [1.29, 1.82) is 0 Å². The maximum absolute atomic E-state index is 13.0. The molecule has 0 radical (unpaired) electrons. The van der Waals surface area contributed by atoms with Gasteiger partial charge in [0.1, 0.15) is 0 Å². The van der Waals surface area contributed by atoms with Crippen molar-refractivity contribution < 1.29 is 19.1 Å². The van der Waals surface area contributed by atoms with Crippen LogP contribution in [0.5, 0.6) is 11.5 Å². The summed E-state index contributed by atoms with van der Waals surface area (Å²) in [5.41, 5.74) is 3.38. The Hall–Kier alpha value is -4.18. The first kappa shape index (κ1) is 22.0. The molecule has 0 saturated heterocycles. The van der Waals surface area contributed by atoms with Gasteiger partial charge in [-0.3, -0.25) is 0 Å². The van der Waals surface area contributed by atoms with E-state index < -0.39 is 11.9 Å². The van der Waals surface area contributed by atoms with Crippen LogP contribution in [0.15, 0.2) is 103 Å². The molecule has 0 amide bonds. The maximum Gasteiger partial charge on any atom is 0.343 e. The largest absolute Gasteiger partial charge is 0.419 e. The number of ether oxygens (including phenoxy) is 2. The molecule has 33 heavy (non-hydrogen) atoms. The molecule has 4 aromatic carbocycles. The Balaban J connectivity index is 1.82. The van der Waals surface area contributed by atoms with Gasteiger partial charge in [0.25, 0.3) is 0 Å². The number of aryl methyl sites for hydroxylation is 1. The molecule has 0 N–H and O–H groups in total. The SMILES string of the molecule is CCCc1cc(OC(=O)c2ccccc2)c(OC(=O)c2ccccc2)c(-c2ccccc2)c1. The summed E-state index contributed by atoms with van der Waals surface area (Å²) < 4.78 is 11.7. The minimum Gasteiger partial charge on any atom is -0.419 e. The highest BCUT2D eigenvalue weighted by atomic mass is 16.6. The van der Waals surface area contributed by atoms with Crippen LogP contribution in [-0.4, -0.2) is 11.9 Å². The molecule has 4 nitrogen and oxygen atoms in total. The van der Waals surface area contributed by atoms with Crippen LogP contribution in [-0.2, 0) is 6.42 Å². The van der Waals surface area contributed by atoms with Crippen LogP contribution in [0.2, 0.25) is 0 Å². The summed E-state index contributed by atoms with van der Waals surface area (Å²) >= 11 is 0. The standard InChI is InChI=1S/C29H24O4/c1-2-12-21-19-25(22-13-6-3-7-14-22)27(33-29(31)24-17-10-5-11-18-24)26(20-21)32-28(30)23-15-8-4-9-16-23/h3-11,13-20H,2,12H2,1H3. The number of rotatable bonds is 7. The van der Waals surface area contributed by atoms with E-state index in [1.165, 1.54) is 0 Å². The monoisotopic (exact) mass is 436 g/mol. The summed E-state index contributed by atoms with van der Waals surface area (Å²) in [5, 5.41) is 0. The number of hydrogen-bond donors (Lipinski definition) is 0. The summed E-state index contributed by atoms with van der Waals surface area (Å²) in [6.45, 7) is 2.08. The van der Waals surface area contributed by atoms with Crippen molar-refractivity contribution in [1.82, 2.24) is 0 Å². The minimum atomic E-state index is -0.520. The Morgan fingerprint density at radius 2 is 1.18 bits per heavy atom. The second kappa shape index (κ2) is 10.4. The Morgan fingerprint density at radius 1 is 0.667 bits per heavy atom. The van der Waals surface area contributed by atoms with Crippen molar-refractivity contribution in [2.45, 2.75) is 19.8 Å². The van der Waals surface area contributed by atoms with Gasteiger partial charge in [-0.2, -0.15) is 0 Å². The predicted molar refractivity (Wildman–Crippen MR) is 129 cm³/mol. The Bertz CT molecular complexity index is 1230. The minimum absolute atomic E-state index is 0.220. The van der Waals surface area contributed by atoms with Crippen LogP contribution >= 0.6 is 0 Å². The molecule has 0 spiro atoms. The number of esters is 2. The molecule has 4 heteroatoms. The van der Waals surface area contributed by atoms with Gasteiger partial charge in [-0.1, -0.05) is 80.1 Å². The smallest absolute Gasteiger partial charge is 0.343 e. The van der Waals surface area contributed by atoms with E-state index in [-0.39, 0.29) is 11.5 Å². The molecule has 0 fully saturated rings. The van der Waals surface area contributed by atoms with E-state index in [2.05, 4.69) is 6.92 Å². The molecule has 164 valence electrons. The first-order chi connectivity index (χ1) is 16.2. The fourth-order valence-electron chi connectivity index (χ4n) is 3.56. The van der Waals surface area contributed by atoms with Crippen molar-refractivity contribution in [3.8, 4) is 22.6 Å². The van der Waals surface area contributed by atoms with Gasteiger partial charge >= 0.3 is 11.9 Å². The van der Waals surface area contributed by atoms with Crippen molar-refractivity contribution in [3.63, 3.8) is 0 Å². The first-order valence-electron chi connectivity index (χ1n) is 10.9. The van der Waals surface area contributed by atoms with E-state index in [1.807, 2.05) is 48.5 Å². The van der Waals surface area contributed by atoms with Crippen LogP contribution in [0, 0.1) is 0 Å². The summed E-state index contributed by atoms with van der Waals surface area (Å²) in [6, 6.07) is 30.9. The average Bonchev–Trinajstić information content (AvgIpc) is 2.87. The molecule has 0 aliphatic carbocycles. The lowest BCUT2D eigenvalue weighted by atomic mass is 9.99. The van der Waals surface area contributed by atoms with Crippen LogP contribution in [0.25, 0.3) is 11.1 Å². The zero-order chi connectivity index (χ0) is 23.0. The topological polar surface area (TPSA) is 52.6 Å². The third-order valence-corrected chi connectivity index (χ3v) is 5.15. The van der Waals surface area contributed by atoms with E-state index in [0.717, 1.165) is 24.0 Å². The number of benzene rings is 4. The van der Waals surface area contributed by atoms with E-state index in [1.54, 1.807) is 54.6 Å². The zero-order valence-corrected chi connectivity index (χ0v) is 18.4. The molecular formula is C29H24O4. The molecule has 0 heterocycles. The summed E-state index contributed by atoms with van der Waals surface area (Å²) in [6.07, 6.45) is 1.71. The van der Waals surface area contributed by atoms with Crippen molar-refractivity contribution in [3.05, 3.63) is 120 Å². The lowest BCUT2D eigenvalue weighted by molar-refractivity contribution is 0.0683. The quantitative estimate of drug-likeness (QED) is 0.238. The van der Waals surface area contributed by atoms with Crippen LogP contribution in [0.1, 0.15) is 39.6 Å². The van der Waals surface area contributed by atoms with Gasteiger partial charge in [-0.25, -0.2) is 9.59 Å². The average molecular weight is 437 g/mol. The number of hydrogen-bond acceptors (Lipinski definition) is 4. The number of carbonyl (C=O) groups excluding carboxylic acids is 2. The van der Waals surface area contributed by atoms with Crippen LogP contribution in [0.3, 0.4) is 0 Å². The van der Waals surface area contributed by atoms with Gasteiger partial charge < -0.3 is 9.47 Å². The molecule has 0 bridgehead atoms. The molecule has 4 rings (SSSR count). The van der Waals surface area contributed by atoms with Gasteiger partial charge in [-0.05, 0) is 53.9 Å². The van der Waals surface area contributed by atoms with Gasteiger partial charge in [0.15, 0.2) is 11.5 Å². The van der Waals surface area contributed by atoms with E-state index in [4.69, 9.17) is 9.47 Å². The van der Waals surface area contributed by atoms with E-state index in [0.29, 0.717) is 16.7 Å². The molecular weight excluding hydrogens is 412 g/mol. The van der Waals surface area contributed by atoms with Crippen LogP contribution < -0.4 is 9.47 Å². The predicted octanol–water partition coefficient (Wildman–Crippen LogP) is 6.74. The molecule has 0 aliphatic heterocycles. The molecule has 0 saturated carbocycles. The number of carbonyl (C=O) groups is 2. The first-order valence-corrected chi connectivity index (χ1v) is 10.9. The van der Waals surface area contributed by atoms with E-state index in [9.17, 15) is 9.59 Å². The summed E-state index contributed by atoms with van der Waals surface area (Å²) in [5.74, 6) is -0.592. The zero-order valence-electron chi connectivity index (χ0n) is 18.4. The fraction of sp³-hybridized carbons (Fsp3) is 0.103. The van der Waals surface area contributed by atoms with Gasteiger partial charge in [0.05, 0.1) is 11.1 Å². The molecule has 0 aromatic heterocycles. The lowest BCUT2D eigenvalue weighted by Gasteiger charge is -2.17. The second-order valence-corrected chi connectivity index (χ2v) is 7.60. The normalized spacial score (nSPS) is 10.5. The molecule has 0 aliphatic rings. The Labute approximate surface area is 193 Å². The lowest BCUT2D eigenvalue weighted by Crippen LogP contribution is -2.13. The third kappa shape index (κ3) is 5.36. The van der Waals surface area contributed by atoms with Crippen LogP contribution in [0.4, 0.5) is 0 Å². The molecule has 4 aromatic rings. The third-order valence-electron chi connectivity index (χ3n) is 5.15. The van der Waals surface area contributed by atoms with Gasteiger partial charge in [-0.15, -0.1) is 0 Å².